The van der Waals surface area contributed by atoms with Crippen LogP contribution in [-0.2, 0) is 0 Å². The number of ether oxygens (including phenoxy) is 1. The van der Waals surface area contributed by atoms with Crippen molar-refractivity contribution in [2.45, 2.75) is 0 Å². The fourth-order valence-electron chi connectivity index (χ4n) is 2.31. The molecule has 22 heavy (non-hydrogen) atoms. The number of aromatic nitrogens is 2. The molecule has 0 amide bonds. The van der Waals surface area contributed by atoms with Gasteiger partial charge in [0.25, 0.3) is 5.56 Å². The predicted molar refractivity (Wildman–Crippen MR) is 78.2 cm³/mol. The van der Waals surface area contributed by atoms with Crippen molar-refractivity contribution >= 4 is 16.7 Å². The second-order valence-corrected chi connectivity index (χ2v) is 4.57. The summed E-state index contributed by atoms with van der Waals surface area (Å²) in [6.07, 6.45) is 0. The van der Waals surface area contributed by atoms with E-state index in [0.29, 0.717) is 11.4 Å². The highest BCUT2D eigenvalue weighted by Gasteiger charge is 2.14. The number of methoxy groups -OCH3 is 1. The van der Waals surface area contributed by atoms with E-state index < -0.39 is 11.5 Å². The third-order valence-electron chi connectivity index (χ3n) is 3.31. The molecule has 0 atom stereocenters. The Morgan fingerprint density at radius 1 is 1.09 bits per heavy atom. The monoisotopic (exact) mass is 295 g/mol. The van der Waals surface area contributed by atoms with E-state index in [9.17, 15) is 14.7 Å². The molecule has 0 aliphatic carbocycles. The highest BCUT2D eigenvalue weighted by Crippen LogP contribution is 2.21. The number of carbonyl (C=O) groups is 1. The minimum Gasteiger partial charge on any atom is -0.543 e. The average molecular weight is 295 g/mol. The first-order valence-corrected chi connectivity index (χ1v) is 6.50. The molecule has 0 fully saturated rings. The van der Waals surface area contributed by atoms with E-state index in [1.54, 1.807) is 42.5 Å². The summed E-state index contributed by atoms with van der Waals surface area (Å²) >= 11 is 0. The van der Waals surface area contributed by atoms with Gasteiger partial charge in [0.1, 0.15) is 17.1 Å². The van der Waals surface area contributed by atoms with E-state index in [1.165, 1.54) is 13.2 Å². The van der Waals surface area contributed by atoms with Gasteiger partial charge in [0.2, 0.25) is 0 Å². The number of carboxylic acid groups (broad SMARTS) is 1. The summed E-state index contributed by atoms with van der Waals surface area (Å²) in [5, 5.41) is 15.8. The van der Waals surface area contributed by atoms with Gasteiger partial charge < -0.3 is 14.6 Å². The molecule has 6 nitrogen and oxygen atoms in total. The van der Waals surface area contributed by atoms with Gasteiger partial charge in [-0.2, -0.15) is 9.78 Å². The topological polar surface area (TPSA) is 84.2 Å². The second-order valence-electron chi connectivity index (χ2n) is 4.57. The van der Waals surface area contributed by atoms with Crippen molar-refractivity contribution in [2.75, 3.05) is 7.11 Å². The molecule has 0 unspecified atom stereocenters. The Morgan fingerprint density at radius 3 is 2.41 bits per heavy atom. The van der Waals surface area contributed by atoms with Crippen LogP contribution in [0.3, 0.4) is 0 Å². The average Bonchev–Trinajstić information content (AvgIpc) is 2.55. The number of nitrogens with zero attached hydrogens (tertiary/aromatic N) is 2. The Hall–Kier alpha value is -3.15. The molecule has 0 radical (unpaired) electrons. The van der Waals surface area contributed by atoms with E-state index in [4.69, 9.17) is 4.74 Å². The Labute approximate surface area is 125 Å². The summed E-state index contributed by atoms with van der Waals surface area (Å²) in [6.45, 7) is 0. The van der Waals surface area contributed by atoms with Gasteiger partial charge in [-0.05, 0) is 18.2 Å². The van der Waals surface area contributed by atoms with Crippen molar-refractivity contribution in [3.63, 3.8) is 0 Å². The molecule has 0 aliphatic heterocycles. The van der Waals surface area contributed by atoms with Crippen LogP contribution in [0.2, 0.25) is 0 Å². The lowest BCUT2D eigenvalue weighted by Gasteiger charge is -2.13. The first-order chi connectivity index (χ1) is 10.6. The third kappa shape index (κ3) is 2.10. The standard InChI is InChI=1S/C16H12N2O4/c1-22-13-9-5-4-8-12(13)18-15(19)11-7-3-2-6-10(11)14(17-18)16(20)21/h2-9H,1H3,(H,20,21)/p-1. The van der Waals surface area contributed by atoms with Gasteiger partial charge >= 0.3 is 0 Å². The third-order valence-corrected chi connectivity index (χ3v) is 3.31. The quantitative estimate of drug-likeness (QED) is 0.712. The fourth-order valence-corrected chi connectivity index (χ4v) is 2.31. The first kappa shape index (κ1) is 13.8. The number of rotatable bonds is 3. The minimum absolute atomic E-state index is 0.249. The van der Waals surface area contributed by atoms with Crippen molar-refractivity contribution in [1.82, 2.24) is 9.78 Å². The van der Waals surface area contributed by atoms with Crippen LogP contribution in [-0.4, -0.2) is 22.9 Å². The SMILES string of the molecule is COc1ccccc1-n1nc(C(=O)[O-])c2ccccc2c1=O. The summed E-state index contributed by atoms with van der Waals surface area (Å²) < 4.78 is 6.22. The highest BCUT2D eigenvalue weighted by atomic mass is 16.5. The zero-order chi connectivity index (χ0) is 15.7. The largest absolute Gasteiger partial charge is 0.543 e. The van der Waals surface area contributed by atoms with Crippen molar-refractivity contribution in [1.29, 1.82) is 0 Å². The molecule has 6 heteroatoms. The number of para-hydroxylation sites is 2. The van der Waals surface area contributed by atoms with Crippen LogP contribution in [0, 0.1) is 0 Å². The van der Waals surface area contributed by atoms with E-state index in [1.807, 2.05) is 0 Å². The van der Waals surface area contributed by atoms with Gasteiger partial charge in [-0.3, -0.25) is 4.79 Å². The number of aromatic carboxylic acids is 1. The first-order valence-electron chi connectivity index (χ1n) is 6.50. The zero-order valence-corrected chi connectivity index (χ0v) is 11.6. The molecule has 0 saturated carbocycles. The predicted octanol–water partition coefficient (Wildman–Crippen LogP) is 0.758. The van der Waals surface area contributed by atoms with Crippen LogP contribution in [0.1, 0.15) is 10.5 Å². The van der Waals surface area contributed by atoms with Crippen LogP contribution in [0.5, 0.6) is 5.75 Å². The maximum Gasteiger partial charge on any atom is 0.279 e. The molecule has 2 aromatic carbocycles. The van der Waals surface area contributed by atoms with Gasteiger partial charge in [0, 0.05) is 5.39 Å². The molecule has 1 heterocycles. The Kier molecular flexibility index (Phi) is 3.34. The Morgan fingerprint density at radius 2 is 1.73 bits per heavy atom. The lowest BCUT2D eigenvalue weighted by Crippen LogP contribution is -2.30. The Balaban J connectivity index is 2.43. The lowest BCUT2D eigenvalue weighted by atomic mass is 10.1. The minimum atomic E-state index is -1.44. The van der Waals surface area contributed by atoms with E-state index in [-0.39, 0.29) is 16.5 Å². The normalized spacial score (nSPS) is 10.6. The van der Waals surface area contributed by atoms with Crippen LogP contribution >= 0.6 is 0 Å². The second kappa shape index (κ2) is 5.33. The van der Waals surface area contributed by atoms with E-state index in [0.717, 1.165) is 4.68 Å². The van der Waals surface area contributed by atoms with Gasteiger partial charge in [0.15, 0.2) is 0 Å². The summed E-state index contributed by atoms with van der Waals surface area (Å²) in [6, 6.07) is 13.1. The maximum atomic E-state index is 12.6. The molecule has 110 valence electrons. The molecule has 0 spiro atoms. The summed E-state index contributed by atoms with van der Waals surface area (Å²) in [5.74, 6) is -1.03. The maximum absolute atomic E-state index is 12.6. The molecule has 0 N–H and O–H groups in total. The van der Waals surface area contributed by atoms with Crippen LogP contribution in [0.15, 0.2) is 53.3 Å². The molecule has 3 aromatic rings. The molecule has 3 rings (SSSR count). The highest BCUT2D eigenvalue weighted by molar-refractivity contribution is 6.00. The molecule has 1 aromatic heterocycles. The van der Waals surface area contributed by atoms with E-state index >= 15 is 0 Å². The molecule has 0 bridgehead atoms. The Bertz CT molecular complexity index is 931. The van der Waals surface area contributed by atoms with Gasteiger partial charge in [-0.25, -0.2) is 0 Å². The molecular weight excluding hydrogens is 284 g/mol. The van der Waals surface area contributed by atoms with Crippen LogP contribution in [0.25, 0.3) is 16.5 Å². The van der Waals surface area contributed by atoms with Crippen LogP contribution < -0.4 is 15.4 Å². The number of fused-ring (bicyclic) bond motifs is 1. The summed E-state index contributed by atoms with van der Waals surface area (Å²) in [5.41, 5.74) is -0.352. The van der Waals surface area contributed by atoms with Gasteiger partial charge in [0.05, 0.1) is 18.5 Å². The fraction of sp³-hybridized carbons (Fsp3) is 0.0625. The van der Waals surface area contributed by atoms with Gasteiger partial charge in [-0.15, -0.1) is 0 Å². The number of carboxylic acids is 1. The van der Waals surface area contributed by atoms with Gasteiger partial charge in [-0.1, -0.05) is 30.3 Å². The van der Waals surface area contributed by atoms with Crippen molar-refractivity contribution < 1.29 is 14.6 Å². The zero-order valence-electron chi connectivity index (χ0n) is 11.6. The van der Waals surface area contributed by atoms with Crippen molar-refractivity contribution in [2.24, 2.45) is 0 Å². The van der Waals surface area contributed by atoms with Crippen LogP contribution in [0.4, 0.5) is 0 Å². The molecular formula is C16H11N2O4-. The lowest BCUT2D eigenvalue weighted by molar-refractivity contribution is -0.255. The van der Waals surface area contributed by atoms with Crippen molar-refractivity contribution in [3.05, 3.63) is 64.6 Å². The molecule has 0 saturated heterocycles. The summed E-state index contributed by atoms with van der Waals surface area (Å²) in [7, 11) is 1.46. The summed E-state index contributed by atoms with van der Waals surface area (Å²) in [4.78, 5) is 23.9. The van der Waals surface area contributed by atoms with Crippen molar-refractivity contribution in [3.8, 4) is 11.4 Å². The van der Waals surface area contributed by atoms with E-state index in [2.05, 4.69) is 5.10 Å². The number of benzene rings is 2. The number of hydrogen-bond acceptors (Lipinski definition) is 5. The number of hydrogen-bond donors (Lipinski definition) is 0. The molecule has 0 aliphatic rings. The smallest absolute Gasteiger partial charge is 0.279 e. The number of carbonyl (C=O) groups excluding carboxylic acids is 1.